The van der Waals surface area contributed by atoms with Crippen molar-refractivity contribution in [3.05, 3.63) is 14.5 Å². The van der Waals surface area contributed by atoms with Crippen molar-refractivity contribution < 1.29 is 15.0 Å². The number of hydrogen-bond donors (Lipinski definition) is 2. The number of aliphatic imine (C=N–C) groups is 2. The number of thiazole rings is 1. The SMILES string of the molecule is CCCCC1=N/C(=C\c2sc(=S)n(CCCC(=O)O)c2O)C(Cl)=N1. The van der Waals surface area contributed by atoms with E-state index in [2.05, 4.69) is 16.9 Å². The van der Waals surface area contributed by atoms with E-state index >= 15 is 0 Å². The predicted octanol–water partition coefficient (Wildman–Crippen LogP) is 4.43. The average molecular weight is 388 g/mol. The van der Waals surface area contributed by atoms with Crippen molar-refractivity contribution in [3.63, 3.8) is 0 Å². The summed E-state index contributed by atoms with van der Waals surface area (Å²) < 4.78 is 2.00. The quantitative estimate of drug-likeness (QED) is 0.646. The normalized spacial score (nSPS) is 15.7. The van der Waals surface area contributed by atoms with Gasteiger partial charge in [0.05, 0.1) is 4.88 Å². The summed E-state index contributed by atoms with van der Waals surface area (Å²) in [6.07, 6.45) is 4.88. The molecule has 0 fully saturated rings. The maximum Gasteiger partial charge on any atom is 0.303 e. The Morgan fingerprint density at radius 2 is 2.17 bits per heavy atom. The van der Waals surface area contributed by atoms with Crippen LogP contribution in [0.3, 0.4) is 0 Å². The number of halogens is 1. The summed E-state index contributed by atoms with van der Waals surface area (Å²) in [5.74, 6) is -0.178. The summed E-state index contributed by atoms with van der Waals surface area (Å²) in [4.78, 5) is 19.7. The zero-order valence-corrected chi connectivity index (χ0v) is 15.5. The average Bonchev–Trinajstić information content (AvgIpc) is 2.99. The lowest BCUT2D eigenvalue weighted by molar-refractivity contribution is -0.137. The third kappa shape index (κ3) is 4.75. The monoisotopic (exact) mass is 387 g/mol. The molecule has 0 aliphatic carbocycles. The van der Waals surface area contributed by atoms with Gasteiger partial charge in [-0.2, -0.15) is 0 Å². The molecule has 0 atom stereocenters. The maximum atomic E-state index is 10.6. The summed E-state index contributed by atoms with van der Waals surface area (Å²) in [7, 11) is 0. The molecule has 2 rings (SSSR count). The van der Waals surface area contributed by atoms with Gasteiger partial charge in [-0.05, 0) is 31.1 Å². The fourth-order valence-electron chi connectivity index (χ4n) is 2.14. The molecular weight excluding hydrogens is 370 g/mol. The first-order valence-electron chi connectivity index (χ1n) is 7.60. The fraction of sp³-hybridized carbons (Fsp3) is 0.467. The molecule has 0 aromatic carbocycles. The van der Waals surface area contributed by atoms with Crippen molar-refractivity contribution in [2.24, 2.45) is 9.98 Å². The molecule has 2 N–H and O–H groups in total. The standard InChI is InChI=1S/C15H18ClN3O3S2/c1-2-3-5-11-17-9(13(16)18-11)8-10-14(22)19(15(23)24-10)7-4-6-12(20)21/h8,22H,2-7H2,1H3,(H,20,21)/b9-8-. The van der Waals surface area contributed by atoms with Crippen LogP contribution in [-0.2, 0) is 11.3 Å². The molecule has 24 heavy (non-hydrogen) atoms. The van der Waals surface area contributed by atoms with E-state index in [0.717, 1.165) is 19.3 Å². The second-order valence-corrected chi connectivity index (χ2v) is 7.30. The molecule has 1 aliphatic rings. The zero-order valence-electron chi connectivity index (χ0n) is 13.2. The number of hydrogen-bond acceptors (Lipinski definition) is 6. The second-order valence-electron chi connectivity index (χ2n) is 5.27. The molecular formula is C15H18ClN3O3S2. The highest BCUT2D eigenvalue weighted by molar-refractivity contribution is 7.73. The molecule has 0 amide bonds. The van der Waals surface area contributed by atoms with Crippen molar-refractivity contribution in [2.45, 2.75) is 45.6 Å². The van der Waals surface area contributed by atoms with E-state index < -0.39 is 5.97 Å². The van der Waals surface area contributed by atoms with Crippen molar-refractivity contribution >= 4 is 58.2 Å². The van der Waals surface area contributed by atoms with E-state index in [1.54, 1.807) is 6.08 Å². The lowest BCUT2D eigenvalue weighted by Gasteiger charge is -2.03. The molecule has 6 nitrogen and oxygen atoms in total. The van der Waals surface area contributed by atoms with Crippen LogP contribution in [0.5, 0.6) is 5.88 Å². The number of aromatic hydroxyl groups is 1. The predicted molar refractivity (Wildman–Crippen MR) is 99.9 cm³/mol. The molecule has 2 heterocycles. The number of aliphatic carboxylic acids is 1. The first kappa shape index (κ1) is 18.8. The first-order valence-corrected chi connectivity index (χ1v) is 9.20. The van der Waals surface area contributed by atoms with Crippen LogP contribution in [0.1, 0.15) is 43.9 Å². The number of nitrogens with zero attached hydrogens (tertiary/aromatic N) is 3. The highest BCUT2D eigenvalue weighted by Gasteiger charge is 2.17. The molecule has 0 spiro atoms. The Morgan fingerprint density at radius 3 is 2.83 bits per heavy atom. The number of carboxylic acid groups (broad SMARTS) is 1. The third-order valence-electron chi connectivity index (χ3n) is 3.38. The number of allylic oxidation sites excluding steroid dienone is 1. The Hall–Kier alpha value is -1.51. The topological polar surface area (TPSA) is 87.2 Å². The minimum absolute atomic E-state index is 0.00423. The van der Waals surface area contributed by atoms with E-state index in [4.69, 9.17) is 28.9 Å². The summed E-state index contributed by atoms with van der Waals surface area (Å²) in [5.41, 5.74) is 0.506. The Labute approximate surface area is 153 Å². The Morgan fingerprint density at radius 1 is 1.42 bits per heavy atom. The molecule has 0 radical (unpaired) electrons. The van der Waals surface area contributed by atoms with Crippen LogP contribution < -0.4 is 0 Å². The van der Waals surface area contributed by atoms with Crippen LogP contribution in [0.4, 0.5) is 0 Å². The van der Waals surface area contributed by atoms with Crippen molar-refractivity contribution in [1.82, 2.24) is 4.57 Å². The minimum atomic E-state index is -0.874. The van der Waals surface area contributed by atoms with E-state index in [-0.39, 0.29) is 12.3 Å². The smallest absolute Gasteiger partial charge is 0.303 e. The van der Waals surface area contributed by atoms with Crippen LogP contribution in [0, 0.1) is 3.95 Å². The van der Waals surface area contributed by atoms with Crippen molar-refractivity contribution in [3.8, 4) is 5.88 Å². The largest absolute Gasteiger partial charge is 0.493 e. The number of amidine groups is 1. The lowest BCUT2D eigenvalue weighted by Crippen LogP contribution is -2.01. The molecule has 1 aliphatic heterocycles. The number of rotatable bonds is 8. The van der Waals surface area contributed by atoms with E-state index in [0.29, 0.717) is 38.5 Å². The maximum absolute atomic E-state index is 10.6. The van der Waals surface area contributed by atoms with Gasteiger partial charge < -0.3 is 10.2 Å². The summed E-state index contributed by atoms with van der Waals surface area (Å²) in [6.45, 7) is 2.44. The van der Waals surface area contributed by atoms with Crippen LogP contribution in [0.25, 0.3) is 6.08 Å². The van der Waals surface area contributed by atoms with Gasteiger partial charge in [-0.25, -0.2) is 9.98 Å². The molecule has 0 saturated carbocycles. The number of aromatic nitrogens is 1. The number of carbonyl (C=O) groups is 1. The molecule has 0 bridgehead atoms. The van der Waals surface area contributed by atoms with E-state index in [1.165, 1.54) is 15.9 Å². The molecule has 0 saturated heterocycles. The molecule has 1 aromatic heterocycles. The molecule has 130 valence electrons. The van der Waals surface area contributed by atoms with Gasteiger partial charge in [-0.15, -0.1) is 11.3 Å². The van der Waals surface area contributed by atoms with Crippen molar-refractivity contribution in [1.29, 1.82) is 0 Å². The number of carboxylic acids is 1. The van der Waals surface area contributed by atoms with Crippen LogP contribution in [0.2, 0.25) is 0 Å². The van der Waals surface area contributed by atoms with Gasteiger partial charge in [0.2, 0.25) is 5.88 Å². The summed E-state index contributed by atoms with van der Waals surface area (Å²) in [6, 6.07) is 0. The molecule has 0 unspecified atom stereocenters. The van der Waals surface area contributed by atoms with E-state index in [9.17, 15) is 9.90 Å². The lowest BCUT2D eigenvalue weighted by atomic mass is 10.2. The number of unbranched alkanes of at least 4 members (excludes halogenated alkanes) is 1. The summed E-state index contributed by atoms with van der Waals surface area (Å²) >= 11 is 12.6. The highest BCUT2D eigenvalue weighted by atomic mass is 35.5. The Balaban J connectivity index is 2.18. The van der Waals surface area contributed by atoms with Gasteiger partial charge in [0.15, 0.2) is 9.13 Å². The second kappa shape index (κ2) is 8.55. The minimum Gasteiger partial charge on any atom is -0.493 e. The van der Waals surface area contributed by atoms with Gasteiger partial charge in [0.25, 0.3) is 0 Å². The van der Waals surface area contributed by atoms with Crippen LogP contribution in [0.15, 0.2) is 15.7 Å². The molecule has 1 aromatic rings. The summed E-state index contributed by atoms with van der Waals surface area (Å²) in [5, 5.41) is 19.3. The van der Waals surface area contributed by atoms with Gasteiger partial charge in [0, 0.05) is 19.4 Å². The van der Waals surface area contributed by atoms with Gasteiger partial charge in [0.1, 0.15) is 11.5 Å². The van der Waals surface area contributed by atoms with Gasteiger partial charge >= 0.3 is 5.97 Å². The highest BCUT2D eigenvalue weighted by Crippen LogP contribution is 2.30. The van der Waals surface area contributed by atoms with E-state index in [1.807, 2.05) is 0 Å². The van der Waals surface area contributed by atoms with Gasteiger partial charge in [-0.1, -0.05) is 24.9 Å². The zero-order chi connectivity index (χ0) is 17.7. The first-order chi connectivity index (χ1) is 11.4. The van der Waals surface area contributed by atoms with Crippen LogP contribution >= 0.6 is 35.2 Å². The van der Waals surface area contributed by atoms with Crippen molar-refractivity contribution in [2.75, 3.05) is 0 Å². The molecule has 9 heteroatoms. The fourth-order valence-corrected chi connectivity index (χ4v) is 3.63. The Bertz CT molecular complexity index is 777. The third-order valence-corrected chi connectivity index (χ3v) is 5.04. The Kier molecular flexibility index (Phi) is 6.70. The van der Waals surface area contributed by atoms with Crippen LogP contribution in [-0.4, -0.2) is 31.8 Å². The van der Waals surface area contributed by atoms with Gasteiger partial charge in [-0.3, -0.25) is 9.36 Å².